The van der Waals surface area contributed by atoms with Crippen LogP contribution < -0.4 is 0 Å². The summed E-state index contributed by atoms with van der Waals surface area (Å²) in [5, 5.41) is 19.8. The Hall–Kier alpha value is -0.850. The first-order chi connectivity index (χ1) is 9.17. The summed E-state index contributed by atoms with van der Waals surface area (Å²) in [7, 11) is 0. The van der Waals surface area contributed by atoms with Gasteiger partial charge in [-0.25, -0.2) is 4.79 Å². The molecule has 6 heteroatoms. The summed E-state index contributed by atoms with van der Waals surface area (Å²) >= 11 is 0. The minimum absolute atomic E-state index is 0.250. The van der Waals surface area contributed by atoms with E-state index in [-0.39, 0.29) is 12.2 Å². The van der Waals surface area contributed by atoms with Crippen molar-refractivity contribution in [3.8, 4) is 0 Å². The van der Waals surface area contributed by atoms with Gasteiger partial charge in [0.2, 0.25) is 0 Å². The summed E-state index contributed by atoms with van der Waals surface area (Å²) in [5.74, 6) is 0. The molecule has 0 aliphatic carbocycles. The van der Waals surface area contributed by atoms with Crippen LogP contribution in [0.2, 0.25) is 0 Å². The van der Waals surface area contributed by atoms with Crippen molar-refractivity contribution < 1.29 is 19.7 Å². The van der Waals surface area contributed by atoms with Crippen molar-refractivity contribution >= 4 is 6.09 Å². The van der Waals surface area contributed by atoms with Gasteiger partial charge in [-0.3, -0.25) is 4.90 Å². The van der Waals surface area contributed by atoms with E-state index in [4.69, 9.17) is 4.74 Å². The Balaban J connectivity index is 1.78. The second kappa shape index (κ2) is 5.50. The maximum Gasteiger partial charge on any atom is 0.410 e. The average molecular weight is 286 g/mol. The molecule has 6 nitrogen and oxygen atoms in total. The van der Waals surface area contributed by atoms with Crippen molar-refractivity contribution in [2.24, 2.45) is 0 Å². The summed E-state index contributed by atoms with van der Waals surface area (Å²) in [6, 6.07) is 0. The molecule has 2 fully saturated rings. The topological polar surface area (TPSA) is 73.2 Å². The Kier molecular flexibility index (Phi) is 4.27. The van der Waals surface area contributed by atoms with Gasteiger partial charge in [-0.15, -0.1) is 0 Å². The number of aliphatic hydroxyl groups excluding tert-OH is 1. The van der Waals surface area contributed by atoms with Crippen LogP contribution in [0, 0.1) is 0 Å². The predicted octanol–water partition coefficient (Wildman–Crippen LogP) is 0.425. The second-order valence-electron chi connectivity index (χ2n) is 7.04. The molecule has 0 radical (unpaired) electrons. The highest BCUT2D eigenvalue weighted by molar-refractivity contribution is 5.68. The third kappa shape index (κ3) is 4.07. The fourth-order valence-corrected chi connectivity index (χ4v) is 2.68. The Bertz CT molecular complexity index is 353. The van der Waals surface area contributed by atoms with Gasteiger partial charge < -0.3 is 19.8 Å². The van der Waals surface area contributed by atoms with E-state index < -0.39 is 11.2 Å². The third-order valence-electron chi connectivity index (χ3n) is 3.80. The number of piperidine rings is 1. The molecule has 116 valence electrons. The number of carbonyl (C=O) groups excluding carboxylic acids is 1. The highest BCUT2D eigenvalue weighted by Gasteiger charge is 2.39. The van der Waals surface area contributed by atoms with Crippen LogP contribution in [0.4, 0.5) is 4.79 Å². The molecule has 0 saturated carbocycles. The van der Waals surface area contributed by atoms with Gasteiger partial charge in [0.15, 0.2) is 0 Å². The lowest BCUT2D eigenvalue weighted by Crippen LogP contribution is -2.59. The third-order valence-corrected chi connectivity index (χ3v) is 3.80. The molecule has 2 aliphatic rings. The molecule has 20 heavy (non-hydrogen) atoms. The lowest BCUT2D eigenvalue weighted by Gasteiger charge is -2.44. The van der Waals surface area contributed by atoms with Gasteiger partial charge in [-0.2, -0.15) is 0 Å². The molecule has 0 atom stereocenters. The summed E-state index contributed by atoms with van der Waals surface area (Å²) < 4.78 is 5.33. The molecule has 2 rings (SSSR count). The van der Waals surface area contributed by atoms with Crippen LogP contribution in [0.15, 0.2) is 0 Å². The lowest BCUT2D eigenvalue weighted by molar-refractivity contribution is -0.0847. The number of likely N-dealkylation sites (tertiary alicyclic amines) is 2. The SMILES string of the molecule is CC(C)(C)OC(=O)N1CCC(O)(CN2CC(O)C2)CC1. The molecular weight excluding hydrogens is 260 g/mol. The molecule has 0 aromatic heterocycles. The predicted molar refractivity (Wildman–Crippen MR) is 74.4 cm³/mol. The fourth-order valence-electron chi connectivity index (χ4n) is 2.68. The van der Waals surface area contributed by atoms with Crippen LogP contribution in [0.1, 0.15) is 33.6 Å². The number of rotatable bonds is 2. The zero-order valence-corrected chi connectivity index (χ0v) is 12.6. The monoisotopic (exact) mass is 286 g/mol. The van der Waals surface area contributed by atoms with Crippen LogP contribution in [0.5, 0.6) is 0 Å². The highest BCUT2D eigenvalue weighted by Crippen LogP contribution is 2.26. The minimum atomic E-state index is -0.751. The van der Waals surface area contributed by atoms with Crippen LogP contribution in [-0.2, 0) is 4.74 Å². The molecule has 2 N–H and O–H groups in total. The number of hydrogen-bond acceptors (Lipinski definition) is 5. The van der Waals surface area contributed by atoms with Gasteiger partial charge in [-0.1, -0.05) is 0 Å². The van der Waals surface area contributed by atoms with E-state index in [0.717, 1.165) is 0 Å². The van der Waals surface area contributed by atoms with Crippen molar-refractivity contribution in [2.45, 2.75) is 50.9 Å². The lowest BCUT2D eigenvalue weighted by atomic mass is 9.90. The van der Waals surface area contributed by atoms with E-state index in [1.807, 2.05) is 25.7 Å². The van der Waals surface area contributed by atoms with Crippen molar-refractivity contribution in [3.63, 3.8) is 0 Å². The highest BCUT2D eigenvalue weighted by atomic mass is 16.6. The molecule has 2 aliphatic heterocycles. The van der Waals surface area contributed by atoms with E-state index in [1.54, 1.807) is 4.90 Å². The van der Waals surface area contributed by atoms with Crippen LogP contribution in [-0.4, -0.2) is 76.1 Å². The van der Waals surface area contributed by atoms with E-state index in [9.17, 15) is 15.0 Å². The maximum absolute atomic E-state index is 11.9. The zero-order chi connectivity index (χ0) is 15.0. The number of nitrogens with zero attached hydrogens (tertiary/aromatic N) is 2. The van der Waals surface area contributed by atoms with Crippen molar-refractivity contribution in [3.05, 3.63) is 0 Å². The van der Waals surface area contributed by atoms with Crippen LogP contribution >= 0.6 is 0 Å². The summed E-state index contributed by atoms with van der Waals surface area (Å²) in [6.07, 6.45) is 0.553. The molecule has 0 aromatic rings. The standard InChI is InChI=1S/C14H26N2O4/c1-13(2,3)20-12(18)16-6-4-14(19,5-7-16)10-15-8-11(17)9-15/h11,17,19H,4-10H2,1-3H3. The fraction of sp³-hybridized carbons (Fsp3) is 0.929. The van der Waals surface area contributed by atoms with Crippen LogP contribution in [0.3, 0.4) is 0 Å². The quantitative estimate of drug-likeness (QED) is 0.770. The van der Waals surface area contributed by atoms with E-state index >= 15 is 0 Å². The number of ether oxygens (including phenoxy) is 1. The van der Waals surface area contributed by atoms with Gasteiger partial charge in [0.1, 0.15) is 5.60 Å². The van der Waals surface area contributed by atoms with Gasteiger partial charge in [0.25, 0.3) is 0 Å². The summed E-state index contributed by atoms with van der Waals surface area (Å²) in [4.78, 5) is 15.6. The molecule has 0 aromatic carbocycles. The molecule has 1 amide bonds. The second-order valence-corrected chi connectivity index (χ2v) is 7.04. The number of β-amino-alcohol motifs (C(OH)–C–C–N with tert-alkyl or cyclic N) is 2. The maximum atomic E-state index is 11.9. The Labute approximate surface area is 120 Å². The summed E-state index contributed by atoms with van der Waals surface area (Å²) in [6.45, 7) is 8.42. The number of carbonyl (C=O) groups is 1. The van der Waals surface area contributed by atoms with Crippen LogP contribution in [0.25, 0.3) is 0 Å². The normalized spacial score (nSPS) is 24.4. The first kappa shape index (κ1) is 15.5. The zero-order valence-electron chi connectivity index (χ0n) is 12.6. The molecular formula is C14H26N2O4. The Morgan fingerprint density at radius 3 is 2.30 bits per heavy atom. The average Bonchev–Trinajstić information content (AvgIpc) is 2.25. The number of aliphatic hydroxyl groups is 2. The van der Waals surface area contributed by atoms with Gasteiger partial charge in [0, 0.05) is 32.7 Å². The minimum Gasteiger partial charge on any atom is -0.444 e. The van der Waals surface area contributed by atoms with Gasteiger partial charge in [-0.05, 0) is 33.6 Å². The Morgan fingerprint density at radius 1 is 1.30 bits per heavy atom. The van der Waals surface area contributed by atoms with E-state index in [2.05, 4.69) is 0 Å². The summed E-state index contributed by atoms with van der Waals surface area (Å²) in [5.41, 5.74) is -1.24. The number of amides is 1. The van der Waals surface area contributed by atoms with Crippen molar-refractivity contribution in [1.29, 1.82) is 0 Å². The molecule has 0 unspecified atom stereocenters. The van der Waals surface area contributed by atoms with Gasteiger partial charge >= 0.3 is 6.09 Å². The first-order valence-corrected chi connectivity index (χ1v) is 7.28. The number of hydrogen-bond donors (Lipinski definition) is 2. The van der Waals surface area contributed by atoms with Crippen molar-refractivity contribution in [2.75, 3.05) is 32.7 Å². The molecule has 2 saturated heterocycles. The smallest absolute Gasteiger partial charge is 0.410 e. The van der Waals surface area contributed by atoms with Crippen molar-refractivity contribution in [1.82, 2.24) is 9.80 Å². The Morgan fingerprint density at radius 2 is 1.85 bits per heavy atom. The molecule has 0 bridgehead atoms. The van der Waals surface area contributed by atoms with E-state index in [1.165, 1.54) is 0 Å². The first-order valence-electron chi connectivity index (χ1n) is 7.28. The molecule has 0 spiro atoms. The van der Waals surface area contributed by atoms with Gasteiger partial charge in [0.05, 0.1) is 11.7 Å². The largest absolute Gasteiger partial charge is 0.444 e. The molecule has 2 heterocycles. The van der Waals surface area contributed by atoms with E-state index in [0.29, 0.717) is 45.6 Å².